The van der Waals surface area contributed by atoms with E-state index in [1.165, 1.54) is 0 Å². The average molecular weight is 570 g/mol. The van der Waals surface area contributed by atoms with Gasteiger partial charge in [-0.3, -0.25) is 18.6 Å². The number of nitrogens with one attached hydrogen (secondary N) is 1. The fourth-order valence-corrected chi connectivity index (χ4v) is 3.68. The lowest BCUT2D eigenvalue weighted by Gasteiger charge is -2.15. The molecule has 9 nitrogen and oxygen atoms in total. The van der Waals surface area contributed by atoms with Gasteiger partial charge in [-0.2, -0.15) is 0 Å². The van der Waals surface area contributed by atoms with Crippen molar-refractivity contribution in [3.05, 3.63) is 60.8 Å². The predicted molar refractivity (Wildman–Crippen MR) is 155 cm³/mol. The summed E-state index contributed by atoms with van der Waals surface area (Å²) in [7, 11) is -4.39. The third kappa shape index (κ3) is 27.1. The molecule has 0 aliphatic carbocycles. The van der Waals surface area contributed by atoms with Crippen molar-refractivity contribution in [1.82, 2.24) is 5.32 Å². The van der Waals surface area contributed by atoms with E-state index in [4.69, 9.17) is 9.26 Å². The van der Waals surface area contributed by atoms with Crippen LogP contribution in [0.4, 0.5) is 0 Å². The second-order valence-corrected chi connectivity index (χ2v) is 10.1. The topological polar surface area (TPSA) is 131 Å². The Hall–Kier alpha value is -2.29. The molecule has 0 radical (unpaired) electrons. The van der Waals surface area contributed by atoms with E-state index >= 15 is 0 Å². The summed E-state index contributed by atoms with van der Waals surface area (Å²) in [5, 5.41) is 12.3. The normalized spacial score (nSPS) is 14.7. The molecular formula is C29H48NO8P. The molecule has 0 aromatic carbocycles. The highest BCUT2D eigenvalue weighted by Crippen LogP contribution is 2.42. The van der Waals surface area contributed by atoms with Crippen LogP contribution in [-0.2, 0) is 27.9 Å². The number of phosphoric acid groups is 1. The summed E-state index contributed by atoms with van der Waals surface area (Å²) >= 11 is 0. The van der Waals surface area contributed by atoms with E-state index in [1.807, 2.05) is 19.1 Å². The summed E-state index contributed by atoms with van der Waals surface area (Å²) in [6.45, 7) is 2.95. The molecule has 2 unspecified atom stereocenters. The van der Waals surface area contributed by atoms with E-state index < -0.39 is 26.5 Å². The van der Waals surface area contributed by atoms with Crippen LogP contribution >= 0.6 is 7.82 Å². The van der Waals surface area contributed by atoms with E-state index in [0.29, 0.717) is 19.3 Å². The van der Waals surface area contributed by atoms with E-state index in [0.717, 1.165) is 38.5 Å². The largest absolute Gasteiger partial charge is 0.472 e. The van der Waals surface area contributed by atoms with Crippen molar-refractivity contribution in [2.45, 2.75) is 84.2 Å². The van der Waals surface area contributed by atoms with Crippen LogP contribution in [-0.4, -0.2) is 54.3 Å². The number of esters is 1. The molecule has 0 saturated carbocycles. The van der Waals surface area contributed by atoms with Gasteiger partial charge in [-0.05, 0) is 51.4 Å². The fourth-order valence-electron chi connectivity index (χ4n) is 2.93. The Morgan fingerprint density at radius 1 is 0.821 bits per heavy atom. The Balaban J connectivity index is 3.78. The van der Waals surface area contributed by atoms with Gasteiger partial charge in [0.1, 0.15) is 12.7 Å². The quantitative estimate of drug-likeness (QED) is 0.0570. The Labute approximate surface area is 234 Å². The Morgan fingerprint density at radius 2 is 1.38 bits per heavy atom. The Bertz CT molecular complexity index is 835. The van der Waals surface area contributed by atoms with Gasteiger partial charge in [-0.1, -0.05) is 74.6 Å². The van der Waals surface area contributed by atoms with Gasteiger partial charge in [-0.25, -0.2) is 4.57 Å². The summed E-state index contributed by atoms with van der Waals surface area (Å²) in [5.41, 5.74) is 0. The molecular weight excluding hydrogens is 521 g/mol. The van der Waals surface area contributed by atoms with Crippen molar-refractivity contribution in [3.63, 3.8) is 0 Å². The highest BCUT2D eigenvalue weighted by atomic mass is 31.2. The van der Waals surface area contributed by atoms with E-state index in [1.54, 1.807) is 0 Å². The third-order valence-electron chi connectivity index (χ3n) is 4.93. The zero-order chi connectivity index (χ0) is 29.0. The number of aliphatic hydroxyl groups is 1. The lowest BCUT2D eigenvalue weighted by atomic mass is 10.2. The number of unbranched alkanes of at least 4 members (excludes halogenated alkanes) is 1. The summed E-state index contributed by atoms with van der Waals surface area (Å²) in [6, 6.07) is 0. The van der Waals surface area contributed by atoms with Crippen molar-refractivity contribution in [2.75, 3.05) is 26.4 Å². The second-order valence-electron chi connectivity index (χ2n) is 8.63. The maximum Gasteiger partial charge on any atom is 0.472 e. The van der Waals surface area contributed by atoms with Crippen molar-refractivity contribution in [3.8, 4) is 0 Å². The average Bonchev–Trinajstić information content (AvgIpc) is 2.90. The maximum absolute atomic E-state index is 11.8. The van der Waals surface area contributed by atoms with Crippen LogP contribution < -0.4 is 5.32 Å². The lowest BCUT2D eigenvalue weighted by molar-refractivity contribution is -0.147. The molecule has 10 heteroatoms. The van der Waals surface area contributed by atoms with Crippen LogP contribution in [0, 0.1) is 0 Å². The van der Waals surface area contributed by atoms with Gasteiger partial charge in [0.25, 0.3) is 0 Å². The number of aliphatic hydroxyl groups excluding tert-OH is 1. The molecule has 0 rings (SSSR count). The highest BCUT2D eigenvalue weighted by molar-refractivity contribution is 7.47. The van der Waals surface area contributed by atoms with Crippen LogP contribution in [0.2, 0.25) is 0 Å². The monoisotopic (exact) mass is 569 g/mol. The lowest BCUT2D eigenvalue weighted by Crippen LogP contribution is -2.27. The SMILES string of the molecule is CC/C=C\C/C=C\C/C=C\C/C=C\C/C=C\CCCC(=O)OCC(O)COP(=O)(O)OCCNC(=O)CCC. The minimum Gasteiger partial charge on any atom is -0.463 e. The molecule has 0 aromatic heterocycles. The van der Waals surface area contributed by atoms with Crippen LogP contribution in [0.15, 0.2) is 60.8 Å². The van der Waals surface area contributed by atoms with Crippen LogP contribution in [0.1, 0.15) is 78.1 Å². The molecule has 39 heavy (non-hydrogen) atoms. The summed E-state index contributed by atoms with van der Waals surface area (Å²) in [5.74, 6) is -0.641. The Morgan fingerprint density at radius 3 is 1.95 bits per heavy atom. The molecule has 1 amide bonds. The van der Waals surface area contributed by atoms with Crippen LogP contribution in [0.25, 0.3) is 0 Å². The molecule has 0 fully saturated rings. The molecule has 3 N–H and O–H groups in total. The van der Waals surface area contributed by atoms with Gasteiger partial charge in [0, 0.05) is 19.4 Å². The number of hydrogen-bond donors (Lipinski definition) is 3. The first-order valence-electron chi connectivity index (χ1n) is 13.8. The molecule has 222 valence electrons. The number of amides is 1. The third-order valence-corrected chi connectivity index (χ3v) is 5.92. The minimum atomic E-state index is -4.39. The predicted octanol–water partition coefficient (Wildman–Crippen LogP) is 5.86. The standard InChI is InChI=1S/C29H48NO8P/c1-3-5-6-7-8-9-10-11-12-13-14-15-16-17-18-19-20-22-29(33)36-25-27(31)26-38-39(34,35)37-24-23-30-28(32)21-4-2/h5-6,8-9,11-12,14-15,17-18,27,31H,3-4,7,10,13,16,19-26H2,1-2H3,(H,30,32)(H,34,35)/b6-5-,9-8-,12-11-,15-14-,18-17-. The first kappa shape index (κ1) is 36.7. The number of carbonyl (C=O) groups excluding carboxylic acids is 2. The molecule has 0 heterocycles. The van der Waals surface area contributed by atoms with Crippen molar-refractivity contribution < 1.29 is 37.9 Å². The number of hydrogen-bond acceptors (Lipinski definition) is 7. The zero-order valence-corrected chi connectivity index (χ0v) is 24.4. The van der Waals surface area contributed by atoms with Gasteiger partial charge in [0.05, 0.1) is 13.2 Å². The molecule has 2 atom stereocenters. The van der Waals surface area contributed by atoms with Crippen molar-refractivity contribution in [2.24, 2.45) is 0 Å². The van der Waals surface area contributed by atoms with E-state index in [-0.39, 0.29) is 32.1 Å². The molecule has 0 bridgehead atoms. The number of carbonyl (C=O) groups is 2. The summed E-state index contributed by atoms with van der Waals surface area (Å²) in [6.07, 6.45) is 27.4. The molecule has 0 aliphatic rings. The molecule has 0 spiro atoms. The minimum absolute atomic E-state index is 0.0620. The van der Waals surface area contributed by atoms with Crippen molar-refractivity contribution >= 4 is 19.7 Å². The number of phosphoric ester groups is 1. The van der Waals surface area contributed by atoms with Crippen LogP contribution in [0.3, 0.4) is 0 Å². The molecule has 0 aliphatic heterocycles. The van der Waals surface area contributed by atoms with Gasteiger partial charge in [0.15, 0.2) is 0 Å². The summed E-state index contributed by atoms with van der Waals surface area (Å²) in [4.78, 5) is 32.7. The van der Waals surface area contributed by atoms with Gasteiger partial charge in [0.2, 0.25) is 5.91 Å². The summed E-state index contributed by atoms with van der Waals surface area (Å²) < 4.78 is 26.1. The first-order chi connectivity index (χ1) is 18.8. The van der Waals surface area contributed by atoms with Gasteiger partial charge in [-0.15, -0.1) is 0 Å². The highest BCUT2D eigenvalue weighted by Gasteiger charge is 2.23. The van der Waals surface area contributed by atoms with E-state index in [9.17, 15) is 24.2 Å². The van der Waals surface area contributed by atoms with Crippen molar-refractivity contribution in [1.29, 1.82) is 0 Å². The molecule has 0 saturated heterocycles. The first-order valence-corrected chi connectivity index (χ1v) is 15.3. The maximum atomic E-state index is 11.8. The van der Waals surface area contributed by atoms with E-state index in [2.05, 4.69) is 65.4 Å². The second kappa shape index (κ2) is 26.0. The number of rotatable bonds is 24. The number of ether oxygens (including phenoxy) is 1. The zero-order valence-electron chi connectivity index (χ0n) is 23.5. The fraction of sp³-hybridized carbons (Fsp3) is 0.586. The molecule has 0 aromatic rings. The smallest absolute Gasteiger partial charge is 0.463 e. The van der Waals surface area contributed by atoms with Gasteiger partial charge >= 0.3 is 13.8 Å². The Kier molecular flexibility index (Phi) is 24.4. The van der Waals surface area contributed by atoms with Crippen LogP contribution in [0.5, 0.6) is 0 Å². The number of allylic oxidation sites excluding steroid dienone is 10. The van der Waals surface area contributed by atoms with Gasteiger partial charge < -0.3 is 20.1 Å².